The van der Waals surface area contributed by atoms with Gasteiger partial charge in [0.2, 0.25) is 5.91 Å². The number of fused-ring (bicyclic) bond motifs is 3. The number of amides is 1. The minimum Gasteiger partial charge on any atom is -0.480 e. The third-order valence-electron chi connectivity index (χ3n) is 5.99. The van der Waals surface area contributed by atoms with Crippen LogP contribution in [0.3, 0.4) is 0 Å². The largest absolute Gasteiger partial charge is 0.480 e. The Balaban J connectivity index is 1.60. The number of hydrogen-bond donors (Lipinski definition) is 2. The molecule has 1 aliphatic carbocycles. The lowest BCUT2D eigenvalue weighted by Gasteiger charge is -2.26. The highest BCUT2D eigenvalue weighted by Crippen LogP contribution is 2.36. The van der Waals surface area contributed by atoms with Gasteiger partial charge in [-0.2, -0.15) is 0 Å². The Morgan fingerprint density at radius 3 is 2.68 bits per heavy atom. The van der Waals surface area contributed by atoms with E-state index in [4.69, 9.17) is 11.6 Å². The van der Waals surface area contributed by atoms with Crippen LogP contribution in [0.5, 0.6) is 0 Å². The topological polar surface area (TPSA) is 71.3 Å². The molecule has 0 spiro atoms. The zero-order valence-electron chi connectivity index (χ0n) is 17.2. The van der Waals surface area contributed by atoms with Gasteiger partial charge in [0.15, 0.2) is 0 Å². The molecule has 1 unspecified atom stereocenters. The van der Waals surface area contributed by atoms with E-state index >= 15 is 0 Å². The van der Waals surface area contributed by atoms with Gasteiger partial charge in [-0.15, -0.1) is 0 Å². The van der Waals surface area contributed by atoms with Crippen LogP contribution in [0.2, 0.25) is 5.02 Å². The molecule has 31 heavy (non-hydrogen) atoms. The zero-order chi connectivity index (χ0) is 22.1. The molecule has 0 saturated heterocycles. The highest BCUT2D eigenvalue weighted by Gasteiger charge is 2.30. The van der Waals surface area contributed by atoms with E-state index in [1.54, 1.807) is 18.2 Å². The number of nitrogens with zero attached hydrogens (tertiary/aromatic N) is 1. The molecular weight excluding hydrogens is 419 g/mol. The highest BCUT2D eigenvalue weighted by molar-refractivity contribution is 6.30. The maximum Gasteiger partial charge on any atom is 0.326 e. The molecule has 0 bridgehead atoms. The first-order chi connectivity index (χ1) is 14.9. The van der Waals surface area contributed by atoms with Crippen LogP contribution in [0.1, 0.15) is 42.6 Å². The van der Waals surface area contributed by atoms with Crippen molar-refractivity contribution in [2.45, 2.75) is 51.1 Å². The van der Waals surface area contributed by atoms with E-state index in [1.807, 2.05) is 23.6 Å². The number of carboxylic acids is 1. The summed E-state index contributed by atoms with van der Waals surface area (Å²) in [7, 11) is 0. The first-order valence-electron chi connectivity index (χ1n) is 10.4. The smallest absolute Gasteiger partial charge is 0.326 e. The fourth-order valence-electron chi connectivity index (χ4n) is 4.58. The van der Waals surface area contributed by atoms with Crippen molar-refractivity contribution in [2.24, 2.45) is 0 Å². The Kier molecular flexibility index (Phi) is 6.01. The third-order valence-corrected chi connectivity index (χ3v) is 6.24. The number of carboxylic acid groups (broad SMARTS) is 1. The second-order valence-electron chi connectivity index (χ2n) is 8.03. The molecule has 5 nitrogen and oxygen atoms in total. The molecule has 2 atom stereocenters. The van der Waals surface area contributed by atoms with Crippen LogP contribution in [0.25, 0.3) is 10.9 Å². The van der Waals surface area contributed by atoms with Crippen LogP contribution in [0.15, 0.2) is 42.5 Å². The van der Waals surface area contributed by atoms with Crippen molar-refractivity contribution < 1.29 is 19.1 Å². The van der Waals surface area contributed by atoms with Gasteiger partial charge >= 0.3 is 5.97 Å². The van der Waals surface area contributed by atoms with E-state index in [-0.39, 0.29) is 24.2 Å². The number of nitrogens with one attached hydrogen (secondary N) is 1. The summed E-state index contributed by atoms with van der Waals surface area (Å²) in [6, 6.07) is 10.9. The number of carbonyl (C=O) groups is 2. The van der Waals surface area contributed by atoms with Crippen molar-refractivity contribution in [3.63, 3.8) is 0 Å². The van der Waals surface area contributed by atoms with Gasteiger partial charge in [0.05, 0.1) is 6.42 Å². The Morgan fingerprint density at radius 2 is 2.00 bits per heavy atom. The quantitative estimate of drug-likeness (QED) is 0.582. The van der Waals surface area contributed by atoms with Gasteiger partial charge in [0.25, 0.3) is 0 Å². The summed E-state index contributed by atoms with van der Waals surface area (Å²) < 4.78 is 15.9. The maximum absolute atomic E-state index is 14.0. The van der Waals surface area contributed by atoms with Gasteiger partial charge in [-0.05, 0) is 67.1 Å². The summed E-state index contributed by atoms with van der Waals surface area (Å²) in [5, 5.41) is 14.2. The average Bonchev–Trinajstić information content (AvgIpc) is 3.03. The molecule has 1 aromatic heterocycles. The summed E-state index contributed by atoms with van der Waals surface area (Å²) in [5.41, 5.74) is 3.47. The molecular formula is C24H24ClFN2O3. The number of hydrogen-bond acceptors (Lipinski definition) is 2. The SMILES string of the molecule is CCC(C(=O)O)n1c2c(c3cc(F)ccc31)C[C@@H](NC(=O)Cc1ccc(Cl)cc1)CC2. The molecule has 0 aliphatic heterocycles. The van der Waals surface area contributed by atoms with Gasteiger partial charge < -0.3 is 15.0 Å². The van der Waals surface area contributed by atoms with Crippen molar-refractivity contribution in [1.29, 1.82) is 0 Å². The van der Waals surface area contributed by atoms with Crippen molar-refractivity contribution in [3.05, 3.63) is 70.1 Å². The molecule has 2 N–H and O–H groups in total. The van der Waals surface area contributed by atoms with E-state index in [9.17, 15) is 19.1 Å². The summed E-state index contributed by atoms with van der Waals surface area (Å²) in [6.07, 6.45) is 2.57. The van der Waals surface area contributed by atoms with Crippen LogP contribution in [0.4, 0.5) is 4.39 Å². The van der Waals surface area contributed by atoms with Crippen LogP contribution in [0, 0.1) is 5.82 Å². The predicted octanol–water partition coefficient (Wildman–Crippen LogP) is 4.69. The average molecular weight is 443 g/mol. The molecule has 3 aromatic rings. The third kappa shape index (κ3) is 4.30. The lowest BCUT2D eigenvalue weighted by atomic mass is 9.91. The van der Waals surface area contributed by atoms with E-state index in [0.29, 0.717) is 30.7 Å². The molecule has 0 radical (unpaired) electrons. The molecule has 7 heteroatoms. The Morgan fingerprint density at radius 1 is 1.26 bits per heavy atom. The van der Waals surface area contributed by atoms with E-state index < -0.39 is 12.0 Å². The van der Waals surface area contributed by atoms with Crippen LogP contribution in [-0.2, 0) is 28.9 Å². The van der Waals surface area contributed by atoms with Crippen molar-refractivity contribution in [1.82, 2.24) is 9.88 Å². The Labute approximate surface area is 184 Å². The van der Waals surface area contributed by atoms with Gasteiger partial charge in [-0.3, -0.25) is 4.79 Å². The summed E-state index contributed by atoms with van der Waals surface area (Å²) >= 11 is 5.90. The van der Waals surface area contributed by atoms with Gasteiger partial charge in [-0.25, -0.2) is 9.18 Å². The summed E-state index contributed by atoms with van der Waals surface area (Å²) in [5.74, 6) is -1.34. The molecule has 1 aliphatic rings. The van der Waals surface area contributed by atoms with Crippen molar-refractivity contribution >= 4 is 34.4 Å². The van der Waals surface area contributed by atoms with Crippen LogP contribution >= 0.6 is 11.6 Å². The van der Waals surface area contributed by atoms with Crippen molar-refractivity contribution in [3.8, 4) is 0 Å². The normalized spacial score (nSPS) is 16.7. The molecule has 0 fully saturated rings. The number of halogens is 2. The molecule has 1 amide bonds. The molecule has 1 heterocycles. The minimum atomic E-state index is -0.898. The number of benzene rings is 2. The van der Waals surface area contributed by atoms with E-state index in [0.717, 1.165) is 27.7 Å². The summed E-state index contributed by atoms with van der Waals surface area (Å²) in [6.45, 7) is 1.84. The maximum atomic E-state index is 14.0. The lowest BCUT2D eigenvalue weighted by Crippen LogP contribution is -2.40. The van der Waals surface area contributed by atoms with Gasteiger partial charge in [-0.1, -0.05) is 30.7 Å². The standard InChI is InChI=1S/C24H24ClFN2O3/c1-2-20(24(30)31)28-21-9-7-16(26)12-18(21)19-13-17(8-10-22(19)28)27-23(29)11-14-3-5-15(25)6-4-14/h3-7,9,12,17,20H,2,8,10-11,13H2,1H3,(H,27,29)(H,30,31)/t17-,20?/m0/s1. The van der Waals surface area contributed by atoms with Gasteiger partial charge in [0.1, 0.15) is 11.9 Å². The summed E-state index contributed by atoms with van der Waals surface area (Å²) in [4.78, 5) is 24.4. The van der Waals surface area contributed by atoms with Crippen LogP contribution in [-0.4, -0.2) is 27.6 Å². The fraction of sp³-hybridized carbons (Fsp3) is 0.333. The lowest BCUT2D eigenvalue weighted by molar-refractivity contribution is -0.141. The number of rotatable bonds is 6. The second-order valence-corrected chi connectivity index (χ2v) is 8.47. The molecule has 2 aromatic carbocycles. The fourth-order valence-corrected chi connectivity index (χ4v) is 4.70. The monoisotopic (exact) mass is 442 g/mol. The number of aliphatic carboxylic acids is 1. The molecule has 4 rings (SSSR count). The predicted molar refractivity (Wildman–Crippen MR) is 118 cm³/mol. The van der Waals surface area contributed by atoms with Gasteiger partial charge in [0, 0.05) is 27.7 Å². The highest BCUT2D eigenvalue weighted by atomic mass is 35.5. The molecule has 162 valence electrons. The van der Waals surface area contributed by atoms with E-state index in [1.165, 1.54) is 12.1 Å². The van der Waals surface area contributed by atoms with E-state index in [2.05, 4.69) is 5.32 Å². The first kappa shape index (κ1) is 21.4. The first-order valence-corrected chi connectivity index (χ1v) is 10.8. The minimum absolute atomic E-state index is 0.0809. The second kappa shape index (κ2) is 8.71. The van der Waals surface area contributed by atoms with Crippen molar-refractivity contribution in [2.75, 3.05) is 0 Å². The number of carbonyl (C=O) groups excluding carboxylic acids is 1. The number of aromatic nitrogens is 1. The van der Waals surface area contributed by atoms with Crippen LogP contribution < -0.4 is 5.32 Å². The Bertz CT molecular complexity index is 1140. The Hall–Kier alpha value is -2.86. The molecule has 0 saturated carbocycles. The zero-order valence-corrected chi connectivity index (χ0v) is 18.0.